The van der Waals surface area contributed by atoms with E-state index in [1.165, 1.54) is 0 Å². The van der Waals surface area contributed by atoms with E-state index in [2.05, 4.69) is 26.6 Å². The van der Waals surface area contributed by atoms with Crippen molar-refractivity contribution in [1.29, 1.82) is 5.26 Å². The predicted molar refractivity (Wildman–Crippen MR) is 112 cm³/mol. The summed E-state index contributed by atoms with van der Waals surface area (Å²) in [5, 5.41) is 14.0. The van der Waals surface area contributed by atoms with Crippen molar-refractivity contribution in [2.45, 2.75) is 0 Å². The number of carbonyl (C=O) groups is 2. The molecule has 0 aliphatic carbocycles. The summed E-state index contributed by atoms with van der Waals surface area (Å²) in [6.45, 7) is 3.72. The van der Waals surface area contributed by atoms with Crippen LogP contribution < -0.4 is 25.0 Å². The summed E-state index contributed by atoms with van der Waals surface area (Å²) in [5.41, 5.74) is 1.08. The lowest BCUT2D eigenvalue weighted by molar-refractivity contribution is -0.121. The number of hydrogen-bond acceptors (Lipinski definition) is 8. The van der Waals surface area contributed by atoms with Crippen LogP contribution in [0.25, 0.3) is 0 Å². The van der Waals surface area contributed by atoms with Gasteiger partial charge in [-0.2, -0.15) is 5.26 Å². The highest BCUT2D eigenvalue weighted by atomic mass is 16.6. The molecule has 0 spiro atoms. The second-order valence-corrected chi connectivity index (χ2v) is 7.14. The maximum atomic E-state index is 12.3. The molecule has 1 aromatic heterocycles. The topological polar surface area (TPSA) is 120 Å². The number of nitrogens with zero attached hydrogens (tertiary/aromatic N) is 4. The summed E-state index contributed by atoms with van der Waals surface area (Å²) in [7, 11) is 0. The lowest BCUT2D eigenvalue weighted by Crippen LogP contribution is -2.50. The molecule has 0 atom stereocenters. The van der Waals surface area contributed by atoms with E-state index in [1.807, 2.05) is 4.90 Å². The van der Waals surface area contributed by atoms with E-state index < -0.39 is 6.03 Å². The molecule has 160 valence electrons. The molecule has 2 N–H and O–H groups in total. The van der Waals surface area contributed by atoms with Gasteiger partial charge in [0.25, 0.3) is 0 Å². The van der Waals surface area contributed by atoms with Crippen molar-refractivity contribution < 1.29 is 19.1 Å². The Morgan fingerprint density at radius 2 is 1.84 bits per heavy atom. The highest BCUT2D eigenvalue weighted by Gasteiger charge is 2.21. The fourth-order valence-electron chi connectivity index (χ4n) is 3.45. The van der Waals surface area contributed by atoms with Crippen molar-refractivity contribution in [3.05, 3.63) is 42.1 Å². The number of urea groups is 1. The molecule has 2 aliphatic heterocycles. The van der Waals surface area contributed by atoms with E-state index in [9.17, 15) is 9.59 Å². The summed E-state index contributed by atoms with van der Waals surface area (Å²) in [6, 6.07) is 9.99. The lowest BCUT2D eigenvalue weighted by Gasteiger charge is -2.34. The lowest BCUT2D eigenvalue weighted by atomic mass is 10.2. The third kappa shape index (κ3) is 5.21. The Balaban J connectivity index is 1.23. The molecular formula is C21H22N6O4. The van der Waals surface area contributed by atoms with Crippen LogP contribution in [0.5, 0.6) is 11.5 Å². The first-order valence-corrected chi connectivity index (χ1v) is 9.94. The molecular weight excluding hydrogens is 400 g/mol. The van der Waals surface area contributed by atoms with E-state index in [0.29, 0.717) is 62.1 Å². The van der Waals surface area contributed by atoms with Crippen LogP contribution in [0.1, 0.15) is 5.56 Å². The number of rotatable bonds is 4. The smallest absolute Gasteiger partial charge is 0.325 e. The molecule has 3 heterocycles. The van der Waals surface area contributed by atoms with Crippen LogP contribution in [0.3, 0.4) is 0 Å². The summed E-state index contributed by atoms with van der Waals surface area (Å²) < 4.78 is 10.9. The second kappa shape index (κ2) is 9.32. The van der Waals surface area contributed by atoms with Crippen LogP contribution >= 0.6 is 0 Å². The second-order valence-electron chi connectivity index (χ2n) is 7.14. The molecule has 1 aromatic carbocycles. The molecule has 1 saturated heterocycles. The molecule has 1 fully saturated rings. The minimum atomic E-state index is -0.599. The highest BCUT2D eigenvalue weighted by Crippen LogP contribution is 2.32. The number of nitrogens with one attached hydrogen (secondary N) is 2. The number of imide groups is 1. The molecule has 0 radical (unpaired) electrons. The highest BCUT2D eigenvalue weighted by molar-refractivity contribution is 6.01. The van der Waals surface area contributed by atoms with Crippen LogP contribution in [0, 0.1) is 11.3 Å². The average Bonchev–Trinajstić information content (AvgIpc) is 2.79. The zero-order valence-electron chi connectivity index (χ0n) is 16.8. The Kier molecular flexibility index (Phi) is 6.14. The third-order valence-corrected chi connectivity index (χ3v) is 4.99. The molecule has 0 saturated carbocycles. The van der Waals surface area contributed by atoms with E-state index in [4.69, 9.17) is 14.7 Å². The van der Waals surface area contributed by atoms with E-state index in [1.54, 1.807) is 36.5 Å². The zero-order valence-corrected chi connectivity index (χ0v) is 16.8. The maximum absolute atomic E-state index is 12.3. The van der Waals surface area contributed by atoms with E-state index in [0.717, 1.165) is 5.82 Å². The Labute approximate surface area is 179 Å². The number of anilines is 2. The Bertz CT molecular complexity index is 1010. The van der Waals surface area contributed by atoms with Crippen molar-refractivity contribution in [2.24, 2.45) is 0 Å². The van der Waals surface area contributed by atoms with Crippen molar-refractivity contribution in [3.63, 3.8) is 0 Å². The molecule has 10 heteroatoms. The fourth-order valence-corrected chi connectivity index (χ4v) is 3.45. The fraction of sp³-hybridized carbons (Fsp3) is 0.333. The van der Waals surface area contributed by atoms with Crippen molar-refractivity contribution in [2.75, 3.05) is 56.2 Å². The van der Waals surface area contributed by atoms with Crippen LogP contribution in [0.4, 0.5) is 16.3 Å². The van der Waals surface area contributed by atoms with Gasteiger partial charge in [-0.05, 0) is 24.3 Å². The largest absolute Gasteiger partial charge is 0.486 e. The van der Waals surface area contributed by atoms with Gasteiger partial charge in [0.1, 0.15) is 19.0 Å². The standard InChI is InChI=1S/C21H22N6O4/c22-13-15-3-4-23-19(11-15)27-7-5-26(6-8-27)14-20(28)25-21(29)24-16-1-2-17-18(12-16)31-10-9-30-17/h1-4,11-12H,5-10,14H2,(H2,24,25,28,29). The van der Waals surface area contributed by atoms with E-state index >= 15 is 0 Å². The zero-order chi connectivity index (χ0) is 21.6. The number of aromatic nitrogens is 1. The van der Waals surface area contributed by atoms with Crippen LogP contribution in [-0.2, 0) is 4.79 Å². The third-order valence-electron chi connectivity index (χ3n) is 4.99. The number of pyridine rings is 1. The summed E-state index contributed by atoms with van der Waals surface area (Å²) in [4.78, 5) is 32.8. The van der Waals surface area contributed by atoms with Crippen LogP contribution in [0.15, 0.2) is 36.5 Å². The van der Waals surface area contributed by atoms with Gasteiger partial charge in [-0.1, -0.05) is 0 Å². The molecule has 0 bridgehead atoms. The number of piperazine rings is 1. The number of benzene rings is 1. The van der Waals surface area contributed by atoms with Gasteiger partial charge in [0, 0.05) is 44.1 Å². The van der Waals surface area contributed by atoms with Crippen LogP contribution in [-0.4, -0.2) is 67.8 Å². The number of amides is 3. The average molecular weight is 422 g/mol. The number of hydrogen-bond donors (Lipinski definition) is 2. The first-order chi connectivity index (χ1) is 15.1. The molecule has 0 unspecified atom stereocenters. The Morgan fingerprint density at radius 3 is 2.61 bits per heavy atom. The molecule has 31 heavy (non-hydrogen) atoms. The number of ether oxygens (including phenoxy) is 2. The Morgan fingerprint density at radius 1 is 1.06 bits per heavy atom. The predicted octanol–water partition coefficient (Wildman–Crippen LogP) is 1.19. The monoisotopic (exact) mass is 422 g/mol. The van der Waals surface area contributed by atoms with Crippen molar-refractivity contribution >= 4 is 23.4 Å². The quantitative estimate of drug-likeness (QED) is 0.754. The molecule has 4 rings (SSSR count). The molecule has 3 amide bonds. The minimum absolute atomic E-state index is 0.119. The van der Waals surface area contributed by atoms with Crippen molar-refractivity contribution in [1.82, 2.24) is 15.2 Å². The minimum Gasteiger partial charge on any atom is -0.486 e. The van der Waals surface area contributed by atoms with Gasteiger partial charge in [0.2, 0.25) is 5.91 Å². The summed E-state index contributed by atoms with van der Waals surface area (Å²) in [6.07, 6.45) is 1.62. The first kappa shape index (κ1) is 20.4. The molecule has 10 nitrogen and oxygen atoms in total. The van der Waals surface area contributed by atoms with Gasteiger partial charge in [0.05, 0.1) is 18.2 Å². The van der Waals surface area contributed by atoms with Gasteiger partial charge in [0.15, 0.2) is 11.5 Å². The Hall–Kier alpha value is -3.84. The van der Waals surface area contributed by atoms with Gasteiger partial charge in [-0.25, -0.2) is 9.78 Å². The van der Waals surface area contributed by atoms with Gasteiger partial charge < -0.3 is 19.7 Å². The number of fused-ring (bicyclic) bond motifs is 1. The number of carbonyl (C=O) groups excluding carboxylic acids is 2. The molecule has 2 aliphatic rings. The SMILES string of the molecule is N#Cc1ccnc(N2CCN(CC(=O)NC(=O)Nc3ccc4c(c3)OCCO4)CC2)c1. The van der Waals surface area contributed by atoms with Crippen molar-refractivity contribution in [3.8, 4) is 17.6 Å². The number of nitriles is 1. The van der Waals surface area contributed by atoms with Crippen LogP contribution in [0.2, 0.25) is 0 Å². The first-order valence-electron chi connectivity index (χ1n) is 9.94. The summed E-state index contributed by atoms with van der Waals surface area (Å²) >= 11 is 0. The maximum Gasteiger partial charge on any atom is 0.325 e. The van der Waals surface area contributed by atoms with E-state index in [-0.39, 0.29) is 12.5 Å². The summed E-state index contributed by atoms with van der Waals surface area (Å²) in [5.74, 6) is 1.56. The van der Waals surface area contributed by atoms with Gasteiger partial charge in [-0.3, -0.25) is 15.0 Å². The normalized spacial score (nSPS) is 15.6. The van der Waals surface area contributed by atoms with Gasteiger partial charge >= 0.3 is 6.03 Å². The van der Waals surface area contributed by atoms with Gasteiger partial charge in [-0.15, -0.1) is 0 Å². The molecule has 2 aromatic rings.